The zero-order chi connectivity index (χ0) is 16.3. The number of hydrogen-bond donors (Lipinski definition) is 1. The summed E-state index contributed by atoms with van der Waals surface area (Å²) < 4.78 is 0. The van der Waals surface area contributed by atoms with E-state index < -0.39 is 0 Å². The molecule has 3 fully saturated rings. The van der Waals surface area contributed by atoms with Crippen LogP contribution in [0.15, 0.2) is 0 Å². The molecule has 0 bridgehead atoms. The topological polar surface area (TPSA) is 38.8 Å². The number of nitrogens with zero attached hydrogens (tertiary/aromatic N) is 3. The number of piperazine rings is 1. The van der Waals surface area contributed by atoms with Gasteiger partial charge in [-0.25, -0.2) is 0 Å². The van der Waals surface area contributed by atoms with Crippen molar-refractivity contribution in [3.8, 4) is 0 Å². The quantitative estimate of drug-likeness (QED) is 0.825. The van der Waals surface area contributed by atoms with Gasteiger partial charge in [-0.2, -0.15) is 0 Å². The molecule has 0 aliphatic carbocycles. The van der Waals surface area contributed by atoms with Crippen molar-refractivity contribution in [1.29, 1.82) is 0 Å². The average Bonchev–Trinajstić information content (AvgIpc) is 2.96. The first-order chi connectivity index (χ1) is 11.1. The lowest BCUT2D eigenvalue weighted by Crippen LogP contribution is -2.53. The van der Waals surface area contributed by atoms with E-state index in [4.69, 9.17) is 0 Å². The van der Waals surface area contributed by atoms with Gasteiger partial charge in [-0.05, 0) is 44.6 Å². The fraction of sp³-hybridized carbons (Fsp3) is 0.944. The minimum Gasteiger partial charge on any atom is -0.339 e. The third-order valence-corrected chi connectivity index (χ3v) is 6.01. The third-order valence-electron chi connectivity index (χ3n) is 6.01. The van der Waals surface area contributed by atoms with Gasteiger partial charge in [0.05, 0.1) is 6.54 Å². The molecule has 1 amide bonds. The van der Waals surface area contributed by atoms with Gasteiger partial charge in [0.25, 0.3) is 0 Å². The van der Waals surface area contributed by atoms with Crippen LogP contribution in [0.1, 0.15) is 39.5 Å². The molecule has 140 valence electrons. The van der Waals surface area contributed by atoms with Crippen molar-refractivity contribution in [1.82, 2.24) is 20.0 Å². The van der Waals surface area contributed by atoms with E-state index in [1.54, 1.807) is 0 Å². The van der Waals surface area contributed by atoms with Crippen molar-refractivity contribution in [2.45, 2.75) is 45.6 Å². The van der Waals surface area contributed by atoms with Crippen LogP contribution in [0, 0.1) is 5.41 Å². The summed E-state index contributed by atoms with van der Waals surface area (Å²) in [7, 11) is 0. The van der Waals surface area contributed by atoms with Crippen molar-refractivity contribution < 1.29 is 4.79 Å². The van der Waals surface area contributed by atoms with Gasteiger partial charge in [-0.3, -0.25) is 9.69 Å². The predicted molar refractivity (Wildman–Crippen MR) is 101 cm³/mol. The van der Waals surface area contributed by atoms with Crippen molar-refractivity contribution in [3.63, 3.8) is 0 Å². The molecule has 24 heavy (non-hydrogen) atoms. The molecule has 5 nitrogen and oxygen atoms in total. The summed E-state index contributed by atoms with van der Waals surface area (Å²) in [5.41, 5.74) is 0.446. The van der Waals surface area contributed by atoms with Crippen LogP contribution in [0.3, 0.4) is 0 Å². The van der Waals surface area contributed by atoms with Gasteiger partial charge in [0.15, 0.2) is 0 Å². The van der Waals surface area contributed by atoms with E-state index in [0.29, 0.717) is 23.9 Å². The number of rotatable bonds is 4. The second-order valence-corrected chi connectivity index (χ2v) is 8.22. The van der Waals surface area contributed by atoms with Crippen molar-refractivity contribution in [2.75, 3.05) is 58.9 Å². The highest BCUT2D eigenvalue weighted by molar-refractivity contribution is 5.85. The number of hydrogen-bond acceptors (Lipinski definition) is 4. The number of carbonyl (C=O) groups excluding carboxylic acids is 1. The number of halogens is 1. The van der Waals surface area contributed by atoms with Gasteiger partial charge in [0.1, 0.15) is 0 Å². The molecule has 3 aliphatic rings. The van der Waals surface area contributed by atoms with E-state index in [1.807, 2.05) is 0 Å². The highest BCUT2D eigenvalue weighted by Crippen LogP contribution is 2.26. The summed E-state index contributed by atoms with van der Waals surface area (Å²) in [5, 5.41) is 3.49. The molecule has 0 aromatic rings. The SMILES string of the molecule is CC1CCCCN1C(=O)CN1CCN(CC2(C)CCNC2)CC1.Cl. The Kier molecular flexibility index (Phi) is 7.35. The van der Waals surface area contributed by atoms with E-state index in [0.717, 1.165) is 39.3 Å². The zero-order valence-electron chi connectivity index (χ0n) is 15.4. The van der Waals surface area contributed by atoms with Gasteiger partial charge in [0, 0.05) is 51.9 Å². The molecule has 3 saturated heterocycles. The highest BCUT2D eigenvalue weighted by atomic mass is 35.5. The van der Waals surface area contributed by atoms with Gasteiger partial charge < -0.3 is 15.1 Å². The number of nitrogens with one attached hydrogen (secondary N) is 1. The third kappa shape index (κ3) is 5.07. The van der Waals surface area contributed by atoms with Crippen LogP contribution in [-0.4, -0.2) is 85.6 Å². The molecule has 0 saturated carbocycles. The Morgan fingerprint density at radius 2 is 1.83 bits per heavy atom. The average molecular weight is 359 g/mol. The lowest BCUT2D eigenvalue weighted by atomic mass is 9.89. The Labute approximate surface area is 153 Å². The monoisotopic (exact) mass is 358 g/mol. The largest absolute Gasteiger partial charge is 0.339 e. The fourth-order valence-electron chi connectivity index (χ4n) is 4.40. The second kappa shape index (κ2) is 8.84. The number of amides is 1. The molecule has 3 heterocycles. The minimum atomic E-state index is 0. The van der Waals surface area contributed by atoms with Gasteiger partial charge in [-0.1, -0.05) is 6.92 Å². The van der Waals surface area contributed by atoms with Crippen LogP contribution in [0.25, 0.3) is 0 Å². The van der Waals surface area contributed by atoms with Crippen LogP contribution in [0.5, 0.6) is 0 Å². The first-order valence-electron chi connectivity index (χ1n) is 9.51. The van der Waals surface area contributed by atoms with Crippen LogP contribution < -0.4 is 5.32 Å². The van der Waals surface area contributed by atoms with Crippen LogP contribution in [0.2, 0.25) is 0 Å². The standard InChI is InChI=1S/C18H34N4O.ClH/c1-16-5-3-4-8-22(16)17(23)13-20-9-11-21(12-10-20)15-18(2)6-7-19-14-18;/h16,19H,3-15H2,1-2H3;1H. The lowest BCUT2D eigenvalue weighted by Gasteiger charge is -2.40. The lowest BCUT2D eigenvalue weighted by molar-refractivity contribution is -0.136. The van der Waals surface area contributed by atoms with Crippen LogP contribution in [-0.2, 0) is 4.79 Å². The molecule has 0 aromatic heterocycles. The van der Waals surface area contributed by atoms with E-state index >= 15 is 0 Å². The molecule has 0 spiro atoms. The predicted octanol–water partition coefficient (Wildman–Crippen LogP) is 1.43. The molecule has 2 unspecified atom stereocenters. The number of likely N-dealkylation sites (tertiary alicyclic amines) is 1. The molecule has 0 radical (unpaired) electrons. The maximum Gasteiger partial charge on any atom is 0.236 e. The number of piperidine rings is 1. The molecule has 1 N–H and O–H groups in total. The van der Waals surface area contributed by atoms with Crippen molar-refractivity contribution in [3.05, 3.63) is 0 Å². The summed E-state index contributed by atoms with van der Waals surface area (Å²) in [5.74, 6) is 0.345. The summed E-state index contributed by atoms with van der Waals surface area (Å²) in [4.78, 5) is 19.6. The first kappa shape index (κ1) is 20.0. The van der Waals surface area contributed by atoms with Crippen molar-refractivity contribution in [2.24, 2.45) is 5.41 Å². The number of carbonyl (C=O) groups is 1. The Balaban J connectivity index is 0.00000208. The Morgan fingerprint density at radius 1 is 1.12 bits per heavy atom. The smallest absolute Gasteiger partial charge is 0.236 e. The Morgan fingerprint density at radius 3 is 2.46 bits per heavy atom. The normalized spacial score (nSPS) is 32.6. The molecule has 6 heteroatoms. The van der Waals surface area contributed by atoms with Crippen LogP contribution in [0.4, 0.5) is 0 Å². The summed E-state index contributed by atoms with van der Waals surface area (Å²) in [6.07, 6.45) is 4.92. The first-order valence-corrected chi connectivity index (χ1v) is 9.51. The van der Waals surface area contributed by atoms with E-state index in [-0.39, 0.29) is 12.4 Å². The Bertz CT molecular complexity index is 406. The summed E-state index contributed by atoms with van der Waals surface area (Å²) in [6.45, 7) is 14.0. The molecular weight excluding hydrogens is 324 g/mol. The van der Waals surface area contributed by atoms with Gasteiger partial charge >= 0.3 is 0 Å². The second-order valence-electron chi connectivity index (χ2n) is 8.22. The maximum atomic E-state index is 12.6. The molecule has 2 atom stereocenters. The van der Waals surface area contributed by atoms with Gasteiger partial charge in [-0.15, -0.1) is 12.4 Å². The van der Waals surface area contributed by atoms with Gasteiger partial charge in [0.2, 0.25) is 5.91 Å². The molecule has 0 aromatic carbocycles. The minimum absolute atomic E-state index is 0. The van der Waals surface area contributed by atoms with E-state index in [9.17, 15) is 4.79 Å². The maximum absolute atomic E-state index is 12.6. The van der Waals surface area contributed by atoms with Crippen molar-refractivity contribution >= 4 is 18.3 Å². The molecular formula is C18H35ClN4O. The summed E-state index contributed by atoms with van der Waals surface area (Å²) >= 11 is 0. The summed E-state index contributed by atoms with van der Waals surface area (Å²) in [6, 6.07) is 0.437. The fourth-order valence-corrected chi connectivity index (χ4v) is 4.40. The molecule has 3 rings (SSSR count). The van der Waals surface area contributed by atoms with E-state index in [2.05, 4.69) is 33.9 Å². The van der Waals surface area contributed by atoms with Crippen LogP contribution >= 0.6 is 12.4 Å². The molecule has 3 aliphatic heterocycles. The zero-order valence-corrected chi connectivity index (χ0v) is 16.2. The highest BCUT2D eigenvalue weighted by Gasteiger charge is 2.32. The van der Waals surface area contributed by atoms with E-state index in [1.165, 1.54) is 38.8 Å². The Hall–Kier alpha value is -0.360.